The summed E-state index contributed by atoms with van der Waals surface area (Å²) >= 11 is 0. The number of benzene rings is 2. The van der Waals surface area contributed by atoms with Gasteiger partial charge in [0.15, 0.2) is 5.84 Å². The minimum atomic E-state index is -0.228. The molecule has 2 aliphatic rings. The molecule has 1 aliphatic heterocycles. The van der Waals surface area contributed by atoms with Crippen LogP contribution in [0.3, 0.4) is 0 Å². The second kappa shape index (κ2) is 9.02. The molecule has 2 aromatic rings. The van der Waals surface area contributed by atoms with E-state index in [0.717, 1.165) is 35.2 Å². The number of ether oxygens (including phenoxy) is 2. The second-order valence-corrected chi connectivity index (χ2v) is 8.40. The van der Waals surface area contributed by atoms with Crippen LogP contribution in [0.15, 0.2) is 46.4 Å². The summed E-state index contributed by atoms with van der Waals surface area (Å²) in [6.45, 7) is 6.99. The lowest BCUT2D eigenvalue weighted by molar-refractivity contribution is 0.147. The maximum Gasteiger partial charge on any atom is 0.410 e. The smallest absolute Gasteiger partial charge is 0.410 e. The largest absolute Gasteiger partial charge is 0.489 e. The summed E-state index contributed by atoms with van der Waals surface area (Å²) in [6, 6.07) is 11.9. The third kappa shape index (κ3) is 4.20. The molecule has 168 valence electrons. The fourth-order valence-corrected chi connectivity index (χ4v) is 4.44. The lowest BCUT2D eigenvalue weighted by Gasteiger charge is -2.22. The average molecular weight is 435 g/mol. The number of cyclic esters (lactones) is 1. The number of carbonyl (C=O) groups is 1. The zero-order valence-electron chi connectivity index (χ0n) is 19.1. The molecule has 1 heterocycles. The Bertz CT molecular complexity index is 1090. The molecule has 1 fully saturated rings. The molecule has 0 unspecified atom stereocenters. The van der Waals surface area contributed by atoms with Crippen molar-refractivity contribution in [2.24, 2.45) is 9.98 Å². The van der Waals surface area contributed by atoms with Crippen LogP contribution in [0.2, 0.25) is 0 Å². The Hall–Kier alpha value is -3.35. The SMILES string of the molecule is C/N=C(\N=C(/C)c1ccc(OC(C)C)c(N)c1)c1cccc2c1CC[C@@H]2N1CCOC1=O. The highest BCUT2D eigenvalue weighted by molar-refractivity contribution is 6.12. The second-order valence-electron chi connectivity index (χ2n) is 8.40. The predicted octanol–water partition coefficient (Wildman–Crippen LogP) is 4.38. The van der Waals surface area contributed by atoms with E-state index in [-0.39, 0.29) is 18.2 Å². The number of fused-ring (bicyclic) bond motifs is 1. The quantitative estimate of drug-likeness (QED) is 0.430. The summed E-state index contributed by atoms with van der Waals surface area (Å²) in [7, 11) is 1.75. The lowest BCUT2D eigenvalue weighted by atomic mass is 10.0. The van der Waals surface area contributed by atoms with Gasteiger partial charge in [-0.2, -0.15) is 0 Å². The van der Waals surface area contributed by atoms with Crippen molar-refractivity contribution in [1.82, 2.24) is 4.90 Å². The third-order valence-corrected chi connectivity index (χ3v) is 5.92. The fourth-order valence-electron chi connectivity index (χ4n) is 4.44. The van der Waals surface area contributed by atoms with Crippen molar-refractivity contribution in [3.63, 3.8) is 0 Å². The Morgan fingerprint density at radius 2 is 2.09 bits per heavy atom. The van der Waals surface area contributed by atoms with E-state index in [0.29, 0.717) is 30.4 Å². The Kier molecular flexibility index (Phi) is 6.17. The molecular weight excluding hydrogens is 404 g/mol. The van der Waals surface area contributed by atoms with Gasteiger partial charge in [-0.15, -0.1) is 0 Å². The summed E-state index contributed by atoms with van der Waals surface area (Å²) in [6.07, 6.45) is 1.59. The molecular formula is C25H30N4O3. The number of nitrogens with zero attached hydrogens (tertiary/aromatic N) is 3. The highest BCUT2D eigenvalue weighted by atomic mass is 16.6. The molecule has 7 nitrogen and oxygen atoms in total. The molecule has 2 N–H and O–H groups in total. The van der Waals surface area contributed by atoms with Gasteiger partial charge in [0.1, 0.15) is 12.4 Å². The van der Waals surface area contributed by atoms with Crippen LogP contribution >= 0.6 is 0 Å². The summed E-state index contributed by atoms with van der Waals surface area (Å²) in [5, 5.41) is 0. The molecule has 1 atom stereocenters. The van der Waals surface area contributed by atoms with E-state index in [4.69, 9.17) is 20.2 Å². The first kappa shape index (κ1) is 21.9. The first-order chi connectivity index (χ1) is 15.4. The van der Waals surface area contributed by atoms with Crippen molar-refractivity contribution < 1.29 is 14.3 Å². The van der Waals surface area contributed by atoms with Gasteiger partial charge in [-0.05, 0) is 68.5 Å². The number of nitrogen functional groups attached to an aromatic ring is 1. The van der Waals surface area contributed by atoms with Gasteiger partial charge in [0.2, 0.25) is 0 Å². The van der Waals surface area contributed by atoms with Crippen LogP contribution in [-0.4, -0.2) is 48.8 Å². The maximum atomic E-state index is 12.1. The van der Waals surface area contributed by atoms with Gasteiger partial charge in [-0.3, -0.25) is 9.89 Å². The monoisotopic (exact) mass is 434 g/mol. The number of hydrogen-bond acceptors (Lipinski definition) is 5. The Balaban J connectivity index is 1.63. The number of hydrogen-bond donors (Lipinski definition) is 1. The van der Waals surface area contributed by atoms with Crippen LogP contribution in [0, 0.1) is 0 Å². The summed E-state index contributed by atoms with van der Waals surface area (Å²) in [5.41, 5.74) is 11.9. The van der Waals surface area contributed by atoms with Gasteiger partial charge in [-0.25, -0.2) is 9.79 Å². The number of anilines is 1. The molecule has 2 aromatic carbocycles. The zero-order chi connectivity index (χ0) is 22.8. The van der Waals surface area contributed by atoms with Crippen molar-refractivity contribution in [3.8, 4) is 5.75 Å². The summed E-state index contributed by atoms with van der Waals surface area (Å²) < 4.78 is 10.9. The normalized spacial score (nSPS) is 18.8. The first-order valence-electron chi connectivity index (χ1n) is 11.0. The van der Waals surface area contributed by atoms with E-state index in [1.54, 1.807) is 7.05 Å². The van der Waals surface area contributed by atoms with E-state index >= 15 is 0 Å². The molecule has 0 saturated carbocycles. The van der Waals surface area contributed by atoms with E-state index in [2.05, 4.69) is 17.1 Å². The highest BCUT2D eigenvalue weighted by Gasteiger charge is 2.36. The van der Waals surface area contributed by atoms with E-state index in [1.807, 2.05) is 49.9 Å². The summed E-state index contributed by atoms with van der Waals surface area (Å²) in [5.74, 6) is 1.35. The van der Waals surface area contributed by atoms with Crippen LogP contribution in [0.4, 0.5) is 10.5 Å². The van der Waals surface area contributed by atoms with Crippen LogP contribution in [0.1, 0.15) is 55.5 Å². The molecule has 1 aliphatic carbocycles. The van der Waals surface area contributed by atoms with Gasteiger partial charge in [0.25, 0.3) is 0 Å². The van der Waals surface area contributed by atoms with Gasteiger partial charge in [0, 0.05) is 18.3 Å². The highest BCUT2D eigenvalue weighted by Crippen LogP contribution is 2.39. The minimum absolute atomic E-state index is 0.0523. The molecule has 1 amide bonds. The molecule has 0 aromatic heterocycles. The van der Waals surface area contributed by atoms with E-state index < -0.39 is 0 Å². The minimum Gasteiger partial charge on any atom is -0.489 e. The van der Waals surface area contributed by atoms with Crippen LogP contribution < -0.4 is 10.5 Å². The standard InChI is InChI=1S/C25H30N4O3/c1-15(2)32-23-11-8-17(14-21(23)26)16(3)28-24(27-4)20-7-5-6-19-18(20)9-10-22(19)29-12-13-31-25(29)30/h5-8,11,14-15,22H,9-10,12-13,26H2,1-4H3/b27-24-,28-16+/t22-/m0/s1. The van der Waals surface area contributed by atoms with Gasteiger partial charge >= 0.3 is 6.09 Å². The van der Waals surface area contributed by atoms with Gasteiger partial charge in [-0.1, -0.05) is 18.2 Å². The third-order valence-electron chi connectivity index (χ3n) is 5.92. The summed E-state index contributed by atoms with van der Waals surface area (Å²) in [4.78, 5) is 23.3. The molecule has 4 rings (SSSR count). The molecule has 32 heavy (non-hydrogen) atoms. The van der Waals surface area contributed by atoms with Crippen molar-refractivity contribution in [2.45, 2.75) is 45.8 Å². The Labute approximate surface area is 189 Å². The van der Waals surface area contributed by atoms with Crippen molar-refractivity contribution in [3.05, 3.63) is 58.7 Å². The molecule has 7 heteroatoms. The average Bonchev–Trinajstić information content (AvgIpc) is 3.38. The van der Waals surface area contributed by atoms with Gasteiger partial charge < -0.3 is 15.2 Å². The predicted molar refractivity (Wildman–Crippen MR) is 127 cm³/mol. The number of amides is 1. The van der Waals surface area contributed by atoms with Crippen LogP contribution in [0.5, 0.6) is 5.75 Å². The molecule has 0 bridgehead atoms. The lowest BCUT2D eigenvalue weighted by Crippen LogP contribution is -2.28. The fraction of sp³-hybridized carbons (Fsp3) is 0.400. The van der Waals surface area contributed by atoms with Crippen LogP contribution in [-0.2, 0) is 11.2 Å². The van der Waals surface area contributed by atoms with Crippen LogP contribution in [0.25, 0.3) is 0 Å². The molecule has 1 saturated heterocycles. The van der Waals surface area contributed by atoms with E-state index in [1.165, 1.54) is 5.56 Å². The van der Waals surface area contributed by atoms with Crippen molar-refractivity contribution >= 4 is 23.3 Å². The van der Waals surface area contributed by atoms with E-state index in [9.17, 15) is 4.79 Å². The van der Waals surface area contributed by atoms with Gasteiger partial charge in [0.05, 0.1) is 24.4 Å². The zero-order valence-corrected chi connectivity index (χ0v) is 19.1. The number of nitrogens with two attached hydrogens (primary N) is 1. The van der Waals surface area contributed by atoms with Crippen molar-refractivity contribution in [1.29, 1.82) is 0 Å². The number of aliphatic imine (C=N–C) groups is 2. The maximum absolute atomic E-state index is 12.1. The topological polar surface area (TPSA) is 89.5 Å². The molecule has 0 radical (unpaired) electrons. The number of rotatable bonds is 5. The number of carbonyl (C=O) groups excluding carboxylic acids is 1. The Morgan fingerprint density at radius 3 is 2.75 bits per heavy atom. The number of amidine groups is 1. The first-order valence-corrected chi connectivity index (χ1v) is 11.0. The molecule has 0 spiro atoms. The Morgan fingerprint density at radius 1 is 1.28 bits per heavy atom. The van der Waals surface area contributed by atoms with Crippen molar-refractivity contribution in [2.75, 3.05) is 25.9 Å².